The van der Waals surface area contributed by atoms with Crippen molar-refractivity contribution in [2.24, 2.45) is 0 Å². The molecule has 0 atom stereocenters. The Hall–Kier alpha value is -10.4. The zero-order valence-corrected chi connectivity index (χ0v) is 49.2. The second-order valence-electron chi connectivity index (χ2n) is 23.4. The monoisotopic (exact) mass is 1220 g/mol. The molecule has 2 aliphatic rings. The van der Waals surface area contributed by atoms with Crippen molar-refractivity contribution >= 4 is 78.1 Å². The summed E-state index contributed by atoms with van der Waals surface area (Å²) in [5.74, 6) is -22.3. The summed E-state index contributed by atoms with van der Waals surface area (Å²) in [5.41, 5.74) is 1.22. The average molecular weight is 1220 g/mol. The lowest BCUT2D eigenvalue weighted by molar-refractivity contribution is 0.0877. The van der Waals surface area contributed by atoms with Gasteiger partial charge in [0.1, 0.15) is 23.0 Å². The Morgan fingerprint density at radius 3 is 0.700 bits per heavy atom. The maximum Gasteiger partial charge on any atom is 0.266 e. The number of benzene rings is 11. The van der Waals surface area contributed by atoms with Crippen LogP contribution in [0.15, 0.2) is 133 Å². The van der Waals surface area contributed by atoms with Gasteiger partial charge in [0.05, 0.1) is 33.6 Å². The molecule has 0 unspecified atom stereocenters. The first kappa shape index (κ1) is 58.6. The van der Waals surface area contributed by atoms with Crippen LogP contribution in [0.4, 0.5) is 46.5 Å². The van der Waals surface area contributed by atoms with Gasteiger partial charge in [-0.1, -0.05) is 116 Å². The van der Waals surface area contributed by atoms with Crippen molar-refractivity contribution < 1.29 is 73.2 Å². The molecule has 4 amide bonds. The van der Waals surface area contributed by atoms with Crippen LogP contribution in [-0.4, -0.2) is 23.6 Å². The fourth-order valence-electron chi connectivity index (χ4n) is 12.5. The minimum Gasteiger partial charge on any atom is -0.453 e. The molecule has 13 rings (SSSR count). The molecule has 18 heteroatoms. The second kappa shape index (κ2) is 21.7. The SMILES string of the molecule is CC(C)c1cccc(C(C)C)c1N1C(=O)c2cc(Oc3cccc(F)c3F)c3c4c(Oc5cccc(F)c5F)cc5c6c(cc(Oc7cccc(F)c7F)c(c7c(Oc8cccc(F)c8F)cc(c2c37)C1=O)c64)C(=O)N(c1c(C(C)C)cccc1C(C)C)C5=O. The van der Waals surface area contributed by atoms with Gasteiger partial charge < -0.3 is 18.9 Å². The first-order valence-electron chi connectivity index (χ1n) is 28.8. The Morgan fingerprint density at radius 2 is 0.489 bits per heavy atom. The van der Waals surface area contributed by atoms with Crippen LogP contribution in [-0.2, 0) is 0 Å². The lowest BCUT2D eigenvalue weighted by atomic mass is 9.80. The van der Waals surface area contributed by atoms with Crippen molar-refractivity contribution in [3.8, 4) is 46.0 Å². The van der Waals surface area contributed by atoms with E-state index >= 15 is 54.3 Å². The topological polar surface area (TPSA) is 112 Å². The van der Waals surface area contributed by atoms with Gasteiger partial charge in [-0.15, -0.1) is 0 Å². The van der Waals surface area contributed by atoms with Gasteiger partial charge in [-0.2, -0.15) is 17.6 Å². The minimum absolute atomic E-state index is 0.194. The molecule has 0 aliphatic carbocycles. The van der Waals surface area contributed by atoms with Crippen LogP contribution in [0.1, 0.15) is 143 Å². The predicted octanol–water partition coefficient (Wildman–Crippen LogP) is 20.1. The van der Waals surface area contributed by atoms with Gasteiger partial charge in [-0.3, -0.25) is 19.2 Å². The maximum absolute atomic E-state index is 16.5. The van der Waals surface area contributed by atoms with E-state index in [9.17, 15) is 0 Å². The number of ether oxygens (including phenoxy) is 4. The number of rotatable bonds is 14. The fraction of sp³-hybridized carbons (Fsp3) is 0.167. The molecule has 0 fully saturated rings. The fourth-order valence-corrected chi connectivity index (χ4v) is 12.5. The van der Waals surface area contributed by atoms with Crippen molar-refractivity contribution in [1.82, 2.24) is 0 Å². The standard InChI is InChI=1S/C72H50F8N2O8/c1-31(2)35-15-9-16-36(32(3)4)67(35)81-69(83)39-27-51(87-47-23-11-19-43(73)63(47)77)57-59-53(89-49-25-13-21-45(75)65(49)79)29-41-56-42(72(86)82(71(41)85)68-37(33(5)6)17-10-18-38(68)34(7)8)30-54(90-50-26-14-22-46(76)66(50)80)60(62(56)59)58-52(28-40(70(81)84)55(39)61(57)58)88-48-24-12-20-44(74)64(48)78/h9-34H,1-8H3. The summed E-state index contributed by atoms with van der Waals surface area (Å²) in [6.07, 6.45) is 0. The number of nitrogens with zero attached hydrogens (tertiary/aromatic N) is 2. The highest BCUT2D eigenvalue weighted by molar-refractivity contribution is 6.48. The molecule has 0 spiro atoms. The molecular weight excluding hydrogens is 1170 g/mol. The van der Waals surface area contributed by atoms with Gasteiger partial charge in [-0.05, 0) is 119 Å². The van der Waals surface area contributed by atoms with Crippen LogP contribution >= 0.6 is 0 Å². The molecule has 11 aromatic rings. The zero-order valence-electron chi connectivity index (χ0n) is 49.2. The van der Waals surface area contributed by atoms with Crippen LogP contribution in [0.2, 0.25) is 0 Å². The lowest BCUT2D eigenvalue weighted by Crippen LogP contribution is -2.42. The van der Waals surface area contributed by atoms with E-state index in [-0.39, 0.29) is 100 Å². The van der Waals surface area contributed by atoms with Gasteiger partial charge in [-0.25, -0.2) is 27.4 Å². The summed E-state index contributed by atoms with van der Waals surface area (Å²) in [7, 11) is 0. The third-order valence-electron chi connectivity index (χ3n) is 16.6. The number of para-hydroxylation sites is 2. The van der Waals surface area contributed by atoms with E-state index in [2.05, 4.69) is 0 Å². The lowest BCUT2D eigenvalue weighted by Gasteiger charge is -2.35. The van der Waals surface area contributed by atoms with Gasteiger partial charge in [0.25, 0.3) is 23.6 Å². The van der Waals surface area contributed by atoms with Crippen molar-refractivity contribution in [3.05, 3.63) is 225 Å². The number of fused-ring (bicyclic) bond motifs is 2. The molecule has 2 aliphatic heterocycles. The molecule has 0 N–H and O–H groups in total. The normalized spacial score (nSPS) is 13.3. The van der Waals surface area contributed by atoms with Crippen molar-refractivity contribution in [2.45, 2.75) is 79.1 Å². The number of hydrogen-bond acceptors (Lipinski definition) is 8. The summed E-state index contributed by atoms with van der Waals surface area (Å²) >= 11 is 0. The summed E-state index contributed by atoms with van der Waals surface area (Å²) < 4.78 is 154. The van der Waals surface area contributed by atoms with Crippen LogP contribution < -0.4 is 28.7 Å². The first-order chi connectivity index (χ1) is 43.0. The van der Waals surface area contributed by atoms with Crippen molar-refractivity contribution in [1.29, 1.82) is 0 Å². The number of hydrogen-bond donors (Lipinski definition) is 0. The molecule has 0 bridgehead atoms. The van der Waals surface area contributed by atoms with Gasteiger partial charge >= 0.3 is 0 Å². The molecule has 10 nitrogen and oxygen atoms in total. The third-order valence-corrected chi connectivity index (χ3v) is 16.6. The van der Waals surface area contributed by atoms with E-state index in [1.807, 2.05) is 55.4 Å². The van der Waals surface area contributed by atoms with Crippen molar-refractivity contribution in [3.63, 3.8) is 0 Å². The summed E-state index contributed by atoms with van der Waals surface area (Å²) in [4.78, 5) is 66.1. The number of carbonyl (C=O) groups excluding carboxylic acids is 4. The first-order valence-corrected chi connectivity index (χ1v) is 28.8. The Morgan fingerprint density at radius 1 is 0.278 bits per heavy atom. The highest BCUT2D eigenvalue weighted by atomic mass is 19.2. The summed E-state index contributed by atoms with van der Waals surface area (Å²) in [6.45, 7) is 14.8. The summed E-state index contributed by atoms with van der Waals surface area (Å²) in [6, 6.07) is 27.1. The molecule has 90 heavy (non-hydrogen) atoms. The second-order valence-corrected chi connectivity index (χ2v) is 23.4. The molecule has 0 radical (unpaired) electrons. The quantitative estimate of drug-likeness (QED) is 0.0458. The Bertz CT molecular complexity index is 4370. The van der Waals surface area contributed by atoms with Crippen LogP contribution in [0.25, 0.3) is 43.1 Å². The Balaban J connectivity index is 1.30. The molecule has 0 aromatic heterocycles. The largest absolute Gasteiger partial charge is 0.453 e. The molecule has 0 saturated heterocycles. The predicted molar refractivity (Wildman–Crippen MR) is 325 cm³/mol. The van der Waals surface area contributed by atoms with Crippen LogP contribution in [0, 0.1) is 46.5 Å². The number of anilines is 2. The highest BCUT2D eigenvalue weighted by Crippen LogP contribution is 2.59. The Kier molecular flexibility index (Phi) is 14.2. The van der Waals surface area contributed by atoms with E-state index in [0.717, 1.165) is 107 Å². The molecule has 452 valence electrons. The highest BCUT2D eigenvalue weighted by Gasteiger charge is 2.44. The number of amides is 4. The van der Waals surface area contributed by atoms with E-state index in [1.165, 1.54) is 0 Å². The Labute approximate surface area is 508 Å². The molecule has 2 heterocycles. The molecule has 11 aromatic carbocycles. The zero-order chi connectivity index (χ0) is 63.8. The average Bonchev–Trinajstić information content (AvgIpc) is 0.674. The van der Waals surface area contributed by atoms with E-state index < -0.39 is 116 Å². The van der Waals surface area contributed by atoms with E-state index in [1.54, 1.807) is 36.4 Å². The van der Waals surface area contributed by atoms with Gasteiger partial charge in [0.2, 0.25) is 23.3 Å². The smallest absolute Gasteiger partial charge is 0.266 e. The van der Waals surface area contributed by atoms with Crippen molar-refractivity contribution in [2.75, 3.05) is 9.80 Å². The number of carbonyl (C=O) groups is 4. The van der Waals surface area contributed by atoms with Gasteiger partial charge in [0, 0.05) is 43.1 Å². The number of imide groups is 2. The van der Waals surface area contributed by atoms with E-state index in [0.29, 0.717) is 22.3 Å². The molecule has 0 saturated carbocycles. The summed E-state index contributed by atoms with van der Waals surface area (Å²) in [5, 5.41) is -2.46. The minimum atomic E-state index is -1.54. The van der Waals surface area contributed by atoms with Crippen LogP contribution in [0.5, 0.6) is 46.0 Å². The number of halogens is 8. The van der Waals surface area contributed by atoms with E-state index in [4.69, 9.17) is 18.9 Å². The third kappa shape index (κ3) is 8.96. The maximum atomic E-state index is 16.5. The molecular formula is C72H50F8N2O8. The van der Waals surface area contributed by atoms with Gasteiger partial charge in [0.15, 0.2) is 46.3 Å². The van der Waals surface area contributed by atoms with Crippen LogP contribution in [0.3, 0.4) is 0 Å².